The van der Waals surface area contributed by atoms with Gasteiger partial charge in [-0.05, 0) is 37.1 Å². The second-order valence-electron chi connectivity index (χ2n) is 4.48. The molecule has 1 heterocycles. The number of aryl methyl sites for hydroxylation is 3. The molecule has 2 aromatic rings. The Balaban J connectivity index is 2.58. The van der Waals surface area contributed by atoms with E-state index in [1.807, 2.05) is 26.8 Å². The van der Waals surface area contributed by atoms with Gasteiger partial charge in [-0.15, -0.1) is 0 Å². The summed E-state index contributed by atoms with van der Waals surface area (Å²) in [5.74, 6) is 1.65. The number of benzene rings is 1. The van der Waals surface area contributed by atoms with Gasteiger partial charge in [0.15, 0.2) is 0 Å². The van der Waals surface area contributed by atoms with Crippen molar-refractivity contribution in [2.45, 2.75) is 27.2 Å². The van der Waals surface area contributed by atoms with Crippen molar-refractivity contribution in [2.75, 3.05) is 7.11 Å². The Kier molecular flexibility index (Phi) is 4.05. The Bertz CT molecular complexity index is 611. The Morgan fingerprint density at radius 3 is 2.47 bits per heavy atom. The van der Waals surface area contributed by atoms with Crippen molar-refractivity contribution >= 4 is 11.6 Å². The summed E-state index contributed by atoms with van der Waals surface area (Å²) in [5.41, 5.74) is 4.12. The Morgan fingerprint density at radius 2 is 1.84 bits per heavy atom. The third kappa shape index (κ3) is 2.87. The van der Waals surface area contributed by atoms with Crippen molar-refractivity contribution in [3.63, 3.8) is 0 Å². The normalized spacial score (nSPS) is 10.6. The van der Waals surface area contributed by atoms with E-state index in [0.717, 1.165) is 40.4 Å². The molecule has 1 aromatic carbocycles. The Hall–Kier alpha value is -1.61. The first-order chi connectivity index (χ1) is 9.05. The summed E-state index contributed by atoms with van der Waals surface area (Å²) in [6, 6.07) is 5.90. The van der Waals surface area contributed by atoms with E-state index in [1.165, 1.54) is 0 Å². The lowest BCUT2D eigenvalue weighted by molar-refractivity contribution is 0.411. The maximum atomic E-state index is 6.05. The molecule has 0 saturated heterocycles. The molecule has 0 aliphatic carbocycles. The van der Waals surface area contributed by atoms with Crippen molar-refractivity contribution in [2.24, 2.45) is 0 Å². The maximum Gasteiger partial charge on any atom is 0.133 e. The van der Waals surface area contributed by atoms with Gasteiger partial charge in [-0.1, -0.05) is 18.5 Å². The number of methoxy groups -OCH3 is 1. The van der Waals surface area contributed by atoms with Gasteiger partial charge < -0.3 is 4.74 Å². The smallest absolute Gasteiger partial charge is 0.133 e. The predicted molar refractivity (Wildman–Crippen MR) is 77.9 cm³/mol. The molecule has 4 heteroatoms. The molecule has 0 atom stereocenters. The summed E-state index contributed by atoms with van der Waals surface area (Å²) in [4.78, 5) is 8.74. The minimum atomic E-state index is 0.481. The highest BCUT2D eigenvalue weighted by atomic mass is 35.5. The average Bonchev–Trinajstić information content (AvgIpc) is 2.40. The lowest BCUT2D eigenvalue weighted by atomic mass is 10.0. The molecule has 0 amide bonds. The van der Waals surface area contributed by atoms with Crippen LogP contribution in [0.1, 0.15) is 23.9 Å². The topological polar surface area (TPSA) is 35.0 Å². The van der Waals surface area contributed by atoms with Crippen molar-refractivity contribution in [1.29, 1.82) is 0 Å². The first kappa shape index (κ1) is 13.8. The molecular formula is C15H17ClN2O. The quantitative estimate of drug-likeness (QED) is 0.795. The fraction of sp³-hybridized carbons (Fsp3) is 0.333. The maximum absolute atomic E-state index is 6.05. The molecule has 3 nitrogen and oxygen atoms in total. The molecule has 0 spiro atoms. The van der Waals surface area contributed by atoms with Crippen LogP contribution in [0.15, 0.2) is 18.2 Å². The van der Waals surface area contributed by atoms with Crippen LogP contribution in [0.4, 0.5) is 0 Å². The van der Waals surface area contributed by atoms with Crippen LogP contribution in [-0.2, 0) is 6.42 Å². The monoisotopic (exact) mass is 276 g/mol. The highest BCUT2D eigenvalue weighted by molar-refractivity contribution is 6.29. The number of aromatic nitrogens is 2. The van der Waals surface area contributed by atoms with Gasteiger partial charge >= 0.3 is 0 Å². The van der Waals surface area contributed by atoms with Crippen LogP contribution in [0.2, 0.25) is 5.15 Å². The molecule has 0 saturated carbocycles. The van der Waals surface area contributed by atoms with Crippen LogP contribution < -0.4 is 4.74 Å². The van der Waals surface area contributed by atoms with E-state index < -0.39 is 0 Å². The molecule has 0 fully saturated rings. The van der Waals surface area contributed by atoms with Gasteiger partial charge in [-0.25, -0.2) is 9.97 Å². The zero-order chi connectivity index (χ0) is 14.0. The lowest BCUT2D eigenvalue weighted by Gasteiger charge is -2.11. The van der Waals surface area contributed by atoms with Crippen LogP contribution >= 0.6 is 11.6 Å². The van der Waals surface area contributed by atoms with Crippen molar-refractivity contribution in [3.8, 4) is 17.0 Å². The number of ether oxygens (including phenoxy) is 1. The minimum absolute atomic E-state index is 0.481. The van der Waals surface area contributed by atoms with E-state index in [-0.39, 0.29) is 0 Å². The Morgan fingerprint density at radius 1 is 1.11 bits per heavy atom. The van der Waals surface area contributed by atoms with Crippen LogP contribution in [-0.4, -0.2) is 17.1 Å². The van der Waals surface area contributed by atoms with Gasteiger partial charge in [0.2, 0.25) is 0 Å². The van der Waals surface area contributed by atoms with Gasteiger partial charge in [0.25, 0.3) is 0 Å². The largest absolute Gasteiger partial charge is 0.496 e. The van der Waals surface area contributed by atoms with Crippen LogP contribution in [0.3, 0.4) is 0 Å². The number of hydrogen-bond donors (Lipinski definition) is 0. The predicted octanol–water partition coefficient (Wildman–Crippen LogP) is 3.98. The van der Waals surface area contributed by atoms with Crippen molar-refractivity contribution in [3.05, 3.63) is 40.3 Å². The molecule has 0 radical (unpaired) electrons. The highest BCUT2D eigenvalue weighted by Gasteiger charge is 2.10. The van der Waals surface area contributed by atoms with Gasteiger partial charge in [0.05, 0.1) is 12.8 Å². The molecule has 0 aliphatic rings. The van der Waals surface area contributed by atoms with E-state index in [9.17, 15) is 0 Å². The fourth-order valence-electron chi connectivity index (χ4n) is 2.05. The standard InChI is InChI=1S/C15H17ClN2O/c1-5-15-17-12(8-14(16)18-15)11-6-10(3)13(19-4)7-9(11)2/h6-8H,5H2,1-4H3. The van der Waals surface area contributed by atoms with E-state index in [2.05, 4.69) is 16.0 Å². The van der Waals surface area contributed by atoms with Gasteiger partial charge in [-0.2, -0.15) is 0 Å². The molecule has 0 unspecified atom stereocenters. The number of halogens is 1. The van der Waals surface area contributed by atoms with E-state index in [4.69, 9.17) is 16.3 Å². The van der Waals surface area contributed by atoms with Crippen LogP contribution in [0.25, 0.3) is 11.3 Å². The number of nitrogens with zero attached hydrogens (tertiary/aromatic N) is 2. The number of hydrogen-bond acceptors (Lipinski definition) is 3. The summed E-state index contributed by atoms with van der Waals surface area (Å²) in [5, 5.41) is 0.481. The Labute approximate surface area is 118 Å². The summed E-state index contributed by atoms with van der Waals surface area (Å²) in [6.45, 7) is 6.08. The first-order valence-corrected chi connectivity index (χ1v) is 6.62. The van der Waals surface area contributed by atoms with Crippen LogP contribution in [0, 0.1) is 13.8 Å². The average molecular weight is 277 g/mol. The lowest BCUT2D eigenvalue weighted by Crippen LogP contribution is -1.98. The van der Waals surface area contributed by atoms with Crippen molar-refractivity contribution in [1.82, 2.24) is 9.97 Å². The molecule has 1 aromatic heterocycles. The molecule has 19 heavy (non-hydrogen) atoms. The van der Waals surface area contributed by atoms with E-state index in [0.29, 0.717) is 5.15 Å². The summed E-state index contributed by atoms with van der Waals surface area (Å²) < 4.78 is 5.33. The highest BCUT2D eigenvalue weighted by Crippen LogP contribution is 2.29. The molecular weight excluding hydrogens is 260 g/mol. The van der Waals surface area contributed by atoms with E-state index in [1.54, 1.807) is 13.2 Å². The second kappa shape index (κ2) is 5.57. The molecule has 100 valence electrons. The third-order valence-corrected chi connectivity index (χ3v) is 3.27. The molecule has 0 bridgehead atoms. The number of rotatable bonds is 3. The van der Waals surface area contributed by atoms with Crippen LogP contribution in [0.5, 0.6) is 5.75 Å². The molecule has 0 N–H and O–H groups in total. The molecule has 0 aliphatic heterocycles. The minimum Gasteiger partial charge on any atom is -0.496 e. The zero-order valence-corrected chi connectivity index (χ0v) is 12.4. The van der Waals surface area contributed by atoms with Gasteiger partial charge in [0.1, 0.15) is 16.7 Å². The van der Waals surface area contributed by atoms with Gasteiger partial charge in [0, 0.05) is 18.1 Å². The molecule has 2 rings (SSSR count). The SMILES string of the molecule is CCc1nc(Cl)cc(-c2cc(C)c(OC)cc2C)n1. The van der Waals surface area contributed by atoms with E-state index >= 15 is 0 Å². The summed E-state index contributed by atoms with van der Waals surface area (Å²) in [7, 11) is 1.68. The first-order valence-electron chi connectivity index (χ1n) is 6.24. The summed E-state index contributed by atoms with van der Waals surface area (Å²) in [6.07, 6.45) is 0.766. The van der Waals surface area contributed by atoms with Crippen molar-refractivity contribution < 1.29 is 4.74 Å². The zero-order valence-electron chi connectivity index (χ0n) is 11.6. The second-order valence-corrected chi connectivity index (χ2v) is 4.87. The summed E-state index contributed by atoms with van der Waals surface area (Å²) >= 11 is 6.05. The van der Waals surface area contributed by atoms with Gasteiger partial charge in [-0.3, -0.25) is 0 Å². The third-order valence-electron chi connectivity index (χ3n) is 3.08. The fourth-order valence-corrected chi connectivity index (χ4v) is 2.25.